The molecule has 0 spiro atoms. The highest BCUT2D eigenvalue weighted by Gasteiger charge is 2.73. The standard InChI is InChI=1S/C21H15F7N2O/c22-19(23,20(24,25)26)21(27,28)30-29-12-15-7-2-4-11-18(15)31-13-16-9-5-8-14-6-1-3-10-17(14)16/h1-12,30H,13H2/b29-12-. The molecule has 0 saturated heterocycles. The van der Waals surface area contributed by atoms with Gasteiger partial charge in [-0.15, -0.1) is 0 Å². The molecule has 0 amide bonds. The molecule has 1 N–H and O–H groups in total. The lowest BCUT2D eigenvalue weighted by molar-refractivity contribution is -0.361. The van der Waals surface area contributed by atoms with Crippen molar-refractivity contribution in [3.05, 3.63) is 77.9 Å². The summed E-state index contributed by atoms with van der Waals surface area (Å²) in [5, 5.41) is 4.79. The zero-order valence-corrected chi connectivity index (χ0v) is 15.6. The molecule has 0 aliphatic rings. The van der Waals surface area contributed by atoms with Gasteiger partial charge in [-0.2, -0.15) is 35.8 Å². The van der Waals surface area contributed by atoms with E-state index in [0.717, 1.165) is 16.3 Å². The van der Waals surface area contributed by atoms with Crippen molar-refractivity contribution in [3.8, 4) is 5.75 Å². The largest absolute Gasteiger partial charge is 0.488 e. The van der Waals surface area contributed by atoms with E-state index in [1.807, 2.05) is 42.5 Å². The second kappa shape index (κ2) is 8.44. The first-order valence-corrected chi connectivity index (χ1v) is 8.84. The molecule has 3 rings (SSSR count). The molecular formula is C21H15F7N2O. The number of fused-ring (bicyclic) bond motifs is 1. The third kappa shape index (κ3) is 4.73. The van der Waals surface area contributed by atoms with Gasteiger partial charge in [-0.05, 0) is 28.5 Å². The summed E-state index contributed by atoms with van der Waals surface area (Å²) >= 11 is 0. The van der Waals surface area contributed by atoms with E-state index in [-0.39, 0.29) is 17.9 Å². The lowest BCUT2D eigenvalue weighted by atomic mass is 10.1. The number of rotatable bonds is 7. The first-order valence-electron chi connectivity index (χ1n) is 8.84. The predicted octanol–water partition coefficient (Wildman–Crippen LogP) is 6.13. The molecule has 164 valence electrons. The molecule has 0 saturated carbocycles. The molecule has 0 aliphatic heterocycles. The van der Waals surface area contributed by atoms with E-state index in [9.17, 15) is 30.7 Å². The minimum absolute atomic E-state index is 0.0985. The zero-order chi connectivity index (χ0) is 22.7. The summed E-state index contributed by atoms with van der Waals surface area (Å²) in [5.41, 5.74) is 1.52. The molecule has 0 atom stereocenters. The molecule has 0 unspecified atom stereocenters. The van der Waals surface area contributed by atoms with Crippen LogP contribution in [0.1, 0.15) is 11.1 Å². The van der Waals surface area contributed by atoms with Gasteiger partial charge >= 0.3 is 18.1 Å². The smallest absolute Gasteiger partial charge is 0.462 e. The number of halogens is 7. The van der Waals surface area contributed by atoms with Crippen LogP contribution < -0.4 is 10.2 Å². The van der Waals surface area contributed by atoms with E-state index < -0.39 is 18.1 Å². The first-order chi connectivity index (χ1) is 14.5. The van der Waals surface area contributed by atoms with Crippen LogP contribution in [0.2, 0.25) is 0 Å². The molecule has 0 heterocycles. The normalized spacial score (nSPS) is 13.0. The van der Waals surface area contributed by atoms with E-state index in [1.54, 1.807) is 6.07 Å². The van der Waals surface area contributed by atoms with Gasteiger partial charge in [0.1, 0.15) is 12.4 Å². The molecule has 0 fully saturated rings. The van der Waals surface area contributed by atoms with Gasteiger partial charge in [-0.3, -0.25) is 0 Å². The lowest BCUT2D eigenvalue weighted by Gasteiger charge is -2.27. The van der Waals surface area contributed by atoms with Crippen LogP contribution in [-0.4, -0.2) is 24.4 Å². The van der Waals surface area contributed by atoms with Gasteiger partial charge in [0.15, 0.2) is 0 Å². The highest BCUT2D eigenvalue weighted by Crippen LogP contribution is 2.45. The molecule has 3 aromatic carbocycles. The average Bonchev–Trinajstić information content (AvgIpc) is 2.72. The second-order valence-electron chi connectivity index (χ2n) is 6.48. The summed E-state index contributed by atoms with van der Waals surface area (Å²) in [6.07, 6.45) is -5.77. The molecule has 3 nitrogen and oxygen atoms in total. The number of nitrogens with one attached hydrogen (secondary N) is 1. The Morgan fingerprint density at radius 2 is 1.45 bits per heavy atom. The lowest BCUT2D eigenvalue weighted by Crippen LogP contribution is -2.58. The third-order valence-electron chi connectivity index (χ3n) is 4.34. The van der Waals surface area contributed by atoms with Crippen molar-refractivity contribution in [1.82, 2.24) is 5.43 Å². The van der Waals surface area contributed by atoms with E-state index >= 15 is 0 Å². The van der Waals surface area contributed by atoms with Gasteiger partial charge in [-0.1, -0.05) is 54.6 Å². The van der Waals surface area contributed by atoms with E-state index in [4.69, 9.17) is 4.74 Å². The highest BCUT2D eigenvalue weighted by atomic mass is 19.4. The molecule has 0 bridgehead atoms. The number of nitrogens with zero attached hydrogens (tertiary/aromatic N) is 1. The van der Waals surface area contributed by atoms with Crippen LogP contribution in [0.15, 0.2) is 71.8 Å². The van der Waals surface area contributed by atoms with Crippen molar-refractivity contribution in [2.45, 2.75) is 24.8 Å². The summed E-state index contributed by atoms with van der Waals surface area (Å²) in [7, 11) is 0. The Morgan fingerprint density at radius 1 is 0.806 bits per heavy atom. The minimum Gasteiger partial charge on any atom is -0.488 e. The summed E-state index contributed by atoms with van der Waals surface area (Å²) in [6.45, 7) is 0.0991. The summed E-state index contributed by atoms with van der Waals surface area (Å²) in [4.78, 5) is 0. The molecule has 0 aromatic heterocycles. The van der Waals surface area contributed by atoms with Crippen LogP contribution >= 0.6 is 0 Å². The van der Waals surface area contributed by atoms with Gasteiger partial charge in [0.25, 0.3) is 0 Å². The SMILES string of the molecule is FC(F)(F)C(F)(F)C(F)(F)N/N=C\c1ccccc1OCc1cccc2ccccc12. The number of para-hydroxylation sites is 1. The Kier molecular flexibility index (Phi) is 6.10. The fourth-order valence-electron chi connectivity index (χ4n) is 2.72. The summed E-state index contributed by atoms with van der Waals surface area (Å²) < 4.78 is 94.6. The van der Waals surface area contributed by atoms with E-state index in [0.29, 0.717) is 11.6 Å². The van der Waals surface area contributed by atoms with Gasteiger partial charge < -0.3 is 4.74 Å². The number of hydrogen-bond donors (Lipinski definition) is 1. The maximum absolute atomic E-state index is 13.3. The van der Waals surface area contributed by atoms with Gasteiger partial charge in [-0.25, -0.2) is 5.43 Å². The van der Waals surface area contributed by atoms with Gasteiger partial charge in [0.2, 0.25) is 0 Å². The highest BCUT2D eigenvalue weighted by molar-refractivity contribution is 5.86. The Balaban J connectivity index is 1.75. The van der Waals surface area contributed by atoms with Crippen LogP contribution in [0.5, 0.6) is 5.75 Å². The number of ether oxygens (including phenoxy) is 1. The number of hydrogen-bond acceptors (Lipinski definition) is 3. The van der Waals surface area contributed by atoms with Gasteiger partial charge in [0, 0.05) is 5.56 Å². The number of benzene rings is 3. The zero-order valence-electron chi connectivity index (χ0n) is 15.6. The van der Waals surface area contributed by atoms with Crippen LogP contribution in [-0.2, 0) is 6.61 Å². The molecule has 0 aliphatic carbocycles. The monoisotopic (exact) mass is 444 g/mol. The van der Waals surface area contributed by atoms with Crippen molar-refractivity contribution >= 4 is 17.0 Å². The van der Waals surface area contributed by atoms with Crippen LogP contribution in [0.4, 0.5) is 30.7 Å². The number of hydrazone groups is 1. The maximum Gasteiger partial charge on any atom is 0.462 e. The molecule has 31 heavy (non-hydrogen) atoms. The van der Waals surface area contributed by atoms with Crippen LogP contribution in [0.25, 0.3) is 10.8 Å². The number of alkyl halides is 7. The van der Waals surface area contributed by atoms with E-state index in [2.05, 4.69) is 5.10 Å². The van der Waals surface area contributed by atoms with E-state index in [1.165, 1.54) is 18.2 Å². The molecule has 0 radical (unpaired) electrons. The Labute approximate surface area is 172 Å². The maximum atomic E-state index is 13.3. The average molecular weight is 444 g/mol. The summed E-state index contributed by atoms with van der Waals surface area (Å²) in [6, 6.07) is 13.4. The predicted molar refractivity (Wildman–Crippen MR) is 101 cm³/mol. The van der Waals surface area contributed by atoms with Crippen molar-refractivity contribution < 1.29 is 35.5 Å². The fraction of sp³-hybridized carbons (Fsp3) is 0.190. The quantitative estimate of drug-likeness (QED) is 0.206. The van der Waals surface area contributed by atoms with Crippen molar-refractivity contribution in [3.63, 3.8) is 0 Å². The van der Waals surface area contributed by atoms with Gasteiger partial charge in [0.05, 0.1) is 6.21 Å². The Morgan fingerprint density at radius 3 is 2.19 bits per heavy atom. The van der Waals surface area contributed by atoms with Crippen molar-refractivity contribution in [2.75, 3.05) is 0 Å². The van der Waals surface area contributed by atoms with Crippen molar-refractivity contribution in [2.24, 2.45) is 5.10 Å². The van der Waals surface area contributed by atoms with Crippen LogP contribution in [0.3, 0.4) is 0 Å². The molecular weight excluding hydrogens is 429 g/mol. The topological polar surface area (TPSA) is 33.6 Å². The Bertz CT molecular complexity index is 1080. The van der Waals surface area contributed by atoms with Crippen LogP contribution in [0, 0.1) is 0 Å². The summed E-state index contributed by atoms with van der Waals surface area (Å²) in [5.74, 6) is -6.13. The molecule has 3 aromatic rings. The first kappa shape index (κ1) is 22.4. The van der Waals surface area contributed by atoms with Crippen molar-refractivity contribution in [1.29, 1.82) is 0 Å². The second-order valence-corrected chi connectivity index (χ2v) is 6.48. The fourth-order valence-corrected chi connectivity index (χ4v) is 2.72. The Hall–Kier alpha value is -3.30. The minimum atomic E-state index is -6.45. The molecule has 10 heteroatoms. The third-order valence-corrected chi connectivity index (χ3v) is 4.34.